The van der Waals surface area contributed by atoms with Crippen LogP contribution in [-0.4, -0.2) is 43.2 Å². The molecule has 1 amide bonds. The summed E-state index contributed by atoms with van der Waals surface area (Å²) in [6.45, 7) is 5.68. The van der Waals surface area contributed by atoms with Crippen molar-refractivity contribution in [3.63, 3.8) is 0 Å². The Morgan fingerprint density at radius 3 is 3.17 bits per heavy atom. The Kier molecular flexibility index (Phi) is 3.25. The first kappa shape index (κ1) is 9.22. The molecule has 1 heterocycles. The first-order valence-electron chi connectivity index (χ1n) is 4.01. The molecule has 0 aromatic heterocycles. The molecule has 12 heavy (non-hydrogen) atoms. The molecule has 0 spiro atoms. The predicted molar refractivity (Wildman–Crippen MR) is 45.6 cm³/mol. The van der Waals surface area contributed by atoms with E-state index in [2.05, 4.69) is 6.58 Å². The van der Waals surface area contributed by atoms with Gasteiger partial charge in [-0.1, -0.05) is 6.58 Å². The number of carbonyl (C=O) groups is 1. The van der Waals surface area contributed by atoms with Gasteiger partial charge in [0.25, 0.3) is 0 Å². The topological polar surface area (TPSA) is 55.6 Å². The molecule has 1 unspecified atom stereocenters. The van der Waals surface area contributed by atoms with E-state index in [4.69, 9.17) is 10.5 Å². The summed E-state index contributed by atoms with van der Waals surface area (Å²) < 4.78 is 5.30. The molecule has 4 heteroatoms. The molecule has 2 N–H and O–H groups in total. The molecule has 0 aromatic rings. The molecule has 1 rings (SSSR count). The van der Waals surface area contributed by atoms with Crippen LogP contribution in [0.4, 0.5) is 0 Å². The van der Waals surface area contributed by atoms with Gasteiger partial charge in [-0.25, -0.2) is 0 Å². The van der Waals surface area contributed by atoms with E-state index < -0.39 is 0 Å². The Labute approximate surface area is 72.0 Å². The van der Waals surface area contributed by atoms with Gasteiger partial charge in [0.05, 0.1) is 12.7 Å². The maximum absolute atomic E-state index is 11.1. The van der Waals surface area contributed by atoms with Gasteiger partial charge >= 0.3 is 0 Å². The number of carbonyl (C=O) groups excluding carboxylic acids is 1. The van der Waals surface area contributed by atoms with E-state index in [1.54, 1.807) is 4.90 Å². The number of hydrogen-bond donors (Lipinski definition) is 1. The summed E-state index contributed by atoms with van der Waals surface area (Å²) in [5.41, 5.74) is 5.42. The largest absolute Gasteiger partial charge is 0.373 e. The second-order valence-corrected chi connectivity index (χ2v) is 2.72. The Bertz CT molecular complexity index is 182. The molecule has 1 aliphatic heterocycles. The van der Waals surface area contributed by atoms with E-state index >= 15 is 0 Å². The summed E-state index contributed by atoms with van der Waals surface area (Å²) >= 11 is 0. The van der Waals surface area contributed by atoms with Crippen LogP contribution in [0.25, 0.3) is 0 Å². The molecular weight excluding hydrogens is 156 g/mol. The van der Waals surface area contributed by atoms with Crippen molar-refractivity contribution in [3.05, 3.63) is 12.7 Å². The van der Waals surface area contributed by atoms with Gasteiger partial charge in [0.15, 0.2) is 0 Å². The predicted octanol–water partition coefficient (Wildman–Crippen LogP) is -0.641. The summed E-state index contributed by atoms with van der Waals surface area (Å²) in [6, 6.07) is 0. The highest BCUT2D eigenvalue weighted by Crippen LogP contribution is 2.04. The van der Waals surface area contributed by atoms with E-state index in [1.165, 1.54) is 6.08 Å². The average Bonchev–Trinajstić information content (AvgIpc) is 2.17. The molecule has 0 radical (unpaired) electrons. The number of morpholine rings is 1. The quantitative estimate of drug-likeness (QED) is 0.561. The zero-order valence-corrected chi connectivity index (χ0v) is 7.03. The van der Waals surface area contributed by atoms with Crippen molar-refractivity contribution in [2.24, 2.45) is 5.73 Å². The number of ether oxygens (including phenoxy) is 1. The number of rotatable bonds is 2. The third-order valence-corrected chi connectivity index (χ3v) is 1.89. The third kappa shape index (κ3) is 2.06. The molecule has 1 fully saturated rings. The Hall–Kier alpha value is -0.870. The van der Waals surface area contributed by atoms with Crippen molar-refractivity contribution in [1.29, 1.82) is 0 Å². The van der Waals surface area contributed by atoms with Crippen LogP contribution in [0.1, 0.15) is 0 Å². The minimum absolute atomic E-state index is 0.0114. The summed E-state index contributed by atoms with van der Waals surface area (Å²) in [7, 11) is 0. The van der Waals surface area contributed by atoms with E-state index in [0.29, 0.717) is 26.2 Å². The molecule has 68 valence electrons. The highest BCUT2D eigenvalue weighted by molar-refractivity contribution is 5.87. The minimum atomic E-state index is -0.0447. The zero-order chi connectivity index (χ0) is 8.97. The number of nitrogens with zero attached hydrogens (tertiary/aromatic N) is 1. The lowest BCUT2D eigenvalue weighted by Gasteiger charge is -2.31. The highest BCUT2D eigenvalue weighted by atomic mass is 16.5. The highest BCUT2D eigenvalue weighted by Gasteiger charge is 2.21. The van der Waals surface area contributed by atoms with Crippen LogP contribution in [0.15, 0.2) is 12.7 Å². The lowest BCUT2D eigenvalue weighted by Crippen LogP contribution is -2.47. The average molecular weight is 170 g/mol. The molecular formula is C8H14N2O2. The fraction of sp³-hybridized carbons (Fsp3) is 0.625. The van der Waals surface area contributed by atoms with Crippen LogP contribution in [-0.2, 0) is 9.53 Å². The first-order chi connectivity index (χ1) is 5.77. The molecule has 0 aliphatic carbocycles. The molecule has 1 atom stereocenters. The van der Waals surface area contributed by atoms with Crippen molar-refractivity contribution < 1.29 is 9.53 Å². The summed E-state index contributed by atoms with van der Waals surface area (Å²) in [4.78, 5) is 12.8. The van der Waals surface area contributed by atoms with Crippen molar-refractivity contribution in [2.45, 2.75) is 6.10 Å². The van der Waals surface area contributed by atoms with Crippen molar-refractivity contribution in [2.75, 3.05) is 26.2 Å². The lowest BCUT2D eigenvalue weighted by atomic mass is 10.2. The van der Waals surface area contributed by atoms with Gasteiger partial charge in [0, 0.05) is 19.6 Å². The molecule has 1 saturated heterocycles. The maximum Gasteiger partial charge on any atom is 0.246 e. The molecule has 0 aromatic carbocycles. The van der Waals surface area contributed by atoms with Gasteiger partial charge in [0.1, 0.15) is 0 Å². The van der Waals surface area contributed by atoms with Crippen LogP contribution in [0.2, 0.25) is 0 Å². The van der Waals surface area contributed by atoms with Gasteiger partial charge in [-0.05, 0) is 6.08 Å². The second-order valence-electron chi connectivity index (χ2n) is 2.72. The fourth-order valence-electron chi connectivity index (χ4n) is 1.19. The second kappa shape index (κ2) is 4.23. The third-order valence-electron chi connectivity index (χ3n) is 1.89. The van der Waals surface area contributed by atoms with Crippen LogP contribution in [0, 0.1) is 0 Å². The molecule has 0 bridgehead atoms. The monoisotopic (exact) mass is 170 g/mol. The van der Waals surface area contributed by atoms with Gasteiger partial charge in [-0.3, -0.25) is 4.79 Å². The van der Waals surface area contributed by atoms with Gasteiger partial charge in [-0.15, -0.1) is 0 Å². The van der Waals surface area contributed by atoms with Gasteiger partial charge in [0.2, 0.25) is 5.91 Å². The Balaban J connectivity index is 2.45. The van der Waals surface area contributed by atoms with E-state index in [1.807, 2.05) is 0 Å². The fourth-order valence-corrected chi connectivity index (χ4v) is 1.19. The van der Waals surface area contributed by atoms with E-state index in [0.717, 1.165) is 0 Å². The number of amides is 1. The standard InChI is InChI=1S/C8H14N2O2/c1-2-8(11)10-3-4-12-7(5-9)6-10/h2,7H,1,3-6,9H2. The number of nitrogens with two attached hydrogens (primary N) is 1. The SMILES string of the molecule is C=CC(=O)N1CCOC(CN)C1. The molecule has 0 saturated carbocycles. The minimum Gasteiger partial charge on any atom is -0.373 e. The molecule has 1 aliphatic rings. The van der Waals surface area contributed by atoms with Crippen LogP contribution < -0.4 is 5.73 Å². The Morgan fingerprint density at radius 1 is 1.83 bits per heavy atom. The van der Waals surface area contributed by atoms with Gasteiger partial charge in [-0.2, -0.15) is 0 Å². The van der Waals surface area contributed by atoms with Crippen molar-refractivity contribution in [1.82, 2.24) is 4.90 Å². The van der Waals surface area contributed by atoms with E-state index in [-0.39, 0.29) is 12.0 Å². The maximum atomic E-state index is 11.1. The van der Waals surface area contributed by atoms with E-state index in [9.17, 15) is 4.79 Å². The van der Waals surface area contributed by atoms with Crippen molar-refractivity contribution >= 4 is 5.91 Å². The zero-order valence-electron chi connectivity index (χ0n) is 7.03. The van der Waals surface area contributed by atoms with Gasteiger partial charge < -0.3 is 15.4 Å². The normalized spacial score (nSPS) is 23.8. The summed E-state index contributed by atoms with van der Waals surface area (Å²) in [6.07, 6.45) is 1.31. The Morgan fingerprint density at radius 2 is 2.58 bits per heavy atom. The smallest absolute Gasteiger partial charge is 0.246 e. The van der Waals surface area contributed by atoms with Crippen LogP contribution in [0.3, 0.4) is 0 Å². The summed E-state index contributed by atoms with van der Waals surface area (Å²) in [5, 5.41) is 0. The first-order valence-corrected chi connectivity index (χ1v) is 4.01. The van der Waals surface area contributed by atoms with Crippen LogP contribution >= 0.6 is 0 Å². The number of hydrogen-bond acceptors (Lipinski definition) is 3. The lowest BCUT2D eigenvalue weighted by molar-refractivity contribution is -0.133. The van der Waals surface area contributed by atoms with Crippen molar-refractivity contribution in [3.8, 4) is 0 Å². The molecule has 4 nitrogen and oxygen atoms in total. The summed E-state index contributed by atoms with van der Waals surface area (Å²) in [5.74, 6) is -0.0447. The van der Waals surface area contributed by atoms with Crippen LogP contribution in [0.5, 0.6) is 0 Å².